The molecule has 0 aromatic heterocycles. The summed E-state index contributed by atoms with van der Waals surface area (Å²) in [5.41, 5.74) is 1.06. The average molecular weight is 211 g/mol. The van der Waals surface area contributed by atoms with Gasteiger partial charge < -0.3 is 0 Å². The van der Waals surface area contributed by atoms with E-state index < -0.39 is 10.0 Å². The molecule has 3 nitrogen and oxygen atoms in total. The van der Waals surface area contributed by atoms with E-state index in [1.165, 1.54) is 0 Å². The molecule has 1 aromatic rings. The summed E-state index contributed by atoms with van der Waals surface area (Å²) in [4.78, 5) is 0. The molecule has 0 aliphatic carbocycles. The first-order valence-corrected chi connectivity index (χ1v) is 6.13. The Kier molecular flexibility index (Phi) is 3.85. The highest BCUT2D eigenvalue weighted by atomic mass is 32.2. The van der Waals surface area contributed by atoms with Crippen molar-refractivity contribution >= 4 is 16.1 Å². The highest BCUT2D eigenvalue weighted by Gasteiger charge is 1.95. The number of hydrogen-bond donors (Lipinski definition) is 1. The number of rotatable bonds is 4. The zero-order chi connectivity index (χ0) is 10.4. The summed E-state index contributed by atoms with van der Waals surface area (Å²) in [5.74, 6) is 0. The van der Waals surface area contributed by atoms with E-state index in [1.54, 1.807) is 6.08 Å². The first kappa shape index (κ1) is 10.9. The van der Waals surface area contributed by atoms with Gasteiger partial charge in [0, 0.05) is 6.54 Å². The monoisotopic (exact) mass is 211 g/mol. The van der Waals surface area contributed by atoms with E-state index in [1.807, 2.05) is 36.4 Å². The fraction of sp³-hybridized carbons (Fsp3) is 0.200. The lowest BCUT2D eigenvalue weighted by atomic mass is 10.2. The SMILES string of the molecule is CS(=O)(=O)NCC=Cc1ccccc1. The van der Waals surface area contributed by atoms with Gasteiger partial charge in [0.05, 0.1) is 6.26 Å². The van der Waals surface area contributed by atoms with E-state index in [-0.39, 0.29) is 0 Å². The van der Waals surface area contributed by atoms with Gasteiger partial charge in [0.2, 0.25) is 10.0 Å². The van der Waals surface area contributed by atoms with Crippen LogP contribution in [0, 0.1) is 0 Å². The van der Waals surface area contributed by atoms with Crippen molar-refractivity contribution in [2.75, 3.05) is 12.8 Å². The van der Waals surface area contributed by atoms with Gasteiger partial charge >= 0.3 is 0 Å². The van der Waals surface area contributed by atoms with Crippen LogP contribution in [0.5, 0.6) is 0 Å². The lowest BCUT2D eigenvalue weighted by molar-refractivity contribution is 0.592. The molecular weight excluding hydrogens is 198 g/mol. The molecule has 0 bridgehead atoms. The molecule has 0 aliphatic heterocycles. The van der Waals surface area contributed by atoms with Crippen molar-refractivity contribution in [2.45, 2.75) is 0 Å². The molecule has 14 heavy (non-hydrogen) atoms. The Labute approximate surface area is 84.5 Å². The number of benzene rings is 1. The average Bonchev–Trinajstić information content (AvgIpc) is 2.13. The highest BCUT2D eigenvalue weighted by molar-refractivity contribution is 7.88. The molecule has 1 aromatic carbocycles. The Morgan fingerprint density at radius 2 is 1.93 bits per heavy atom. The van der Waals surface area contributed by atoms with Crippen LogP contribution < -0.4 is 4.72 Å². The molecule has 76 valence electrons. The Bertz CT molecular complexity index is 395. The molecule has 1 N–H and O–H groups in total. The molecule has 0 saturated carbocycles. The predicted octanol–water partition coefficient (Wildman–Crippen LogP) is 1.25. The summed E-state index contributed by atoms with van der Waals surface area (Å²) in [7, 11) is -3.08. The van der Waals surface area contributed by atoms with Gasteiger partial charge in [-0.3, -0.25) is 0 Å². The minimum atomic E-state index is -3.08. The molecule has 0 saturated heterocycles. The molecule has 0 unspecified atom stereocenters. The molecule has 0 fully saturated rings. The van der Waals surface area contributed by atoms with Gasteiger partial charge in [-0.1, -0.05) is 42.5 Å². The summed E-state index contributed by atoms with van der Waals surface area (Å²) in [6.07, 6.45) is 4.79. The van der Waals surface area contributed by atoms with Crippen LogP contribution in [0.25, 0.3) is 6.08 Å². The minimum absolute atomic E-state index is 0.327. The summed E-state index contributed by atoms with van der Waals surface area (Å²) in [5, 5.41) is 0. The largest absolute Gasteiger partial charge is 0.213 e. The lowest BCUT2D eigenvalue weighted by Crippen LogP contribution is -2.21. The predicted molar refractivity (Wildman–Crippen MR) is 58.3 cm³/mol. The maximum Gasteiger partial charge on any atom is 0.208 e. The van der Waals surface area contributed by atoms with Crippen molar-refractivity contribution in [1.82, 2.24) is 4.72 Å². The smallest absolute Gasteiger partial charge is 0.208 e. The van der Waals surface area contributed by atoms with E-state index in [0.29, 0.717) is 6.54 Å². The third-order valence-corrected chi connectivity index (χ3v) is 2.26. The third-order valence-electron chi connectivity index (χ3n) is 1.57. The van der Waals surface area contributed by atoms with Crippen LogP contribution in [0.15, 0.2) is 36.4 Å². The molecule has 0 radical (unpaired) electrons. The Hall–Kier alpha value is -1.13. The normalized spacial score (nSPS) is 12.1. The van der Waals surface area contributed by atoms with E-state index in [9.17, 15) is 8.42 Å². The van der Waals surface area contributed by atoms with Gasteiger partial charge in [0.15, 0.2) is 0 Å². The van der Waals surface area contributed by atoms with E-state index in [4.69, 9.17) is 0 Å². The van der Waals surface area contributed by atoms with Gasteiger partial charge in [-0.2, -0.15) is 0 Å². The zero-order valence-corrected chi connectivity index (χ0v) is 8.79. The van der Waals surface area contributed by atoms with Crippen LogP contribution in [0.1, 0.15) is 5.56 Å². The molecule has 0 aliphatic rings. The van der Waals surface area contributed by atoms with Gasteiger partial charge in [-0.25, -0.2) is 13.1 Å². The van der Waals surface area contributed by atoms with Crippen LogP contribution in [-0.4, -0.2) is 21.2 Å². The van der Waals surface area contributed by atoms with Gasteiger partial charge in [0.1, 0.15) is 0 Å². The van der Waals surface area contributed by atoms with Crippen molar-refractivity contribution in [2.24, 2.45) is 0 Å². The molecule has 0 spiro atoms. The Morgan fingerprint density at radius 3 is 2.50 bits per heavy atom. The van der Waals surface area contributed by atoms with Crippen LogP contribution in [0.3, 0.4) is 0 Å². The Balaban J connectivity index is 2.43. The van der Waals surface area contributed by atoms with E-state index in [2.05, 4.69) is 4.72 Å². The second-order valence-corrected chi connectivity index (χ2v) is 4.77. The molecule has 4 heteroatoms. The lowest BCUT2D eigenvalue weighted by Gasteiger charge is -1.95. The van der Waals surface area contributed by atoms with E-state index >= 15 is 0 Å². The van der Waals surface area contributed by atoms with Gasteiger partial charge in [-0.05, 0) is 5.56 Å². The molecular formula is C10H13NO2S. The molecule has 1 rings (SSSR count). The second-order valence-electron chi connectivity index (χ2n) is 2.93. The summed E-state index contributed by atoms with van der Waals surface area (Å²) in [6, 6.07) is 9.72. The second kappa shape index (κ2) is 4.93. The first-order valence-electron chi connectivity index (χ1n) is 4.24. The fourth-order valence-electron chi connectivity index (χ4n) is 0.959. The zero-order valence-electron chi connectivity index (χ0n) is 7.97. The minimum Gasteiger partial charge on any atom is -0.213 e. The molecule has 0 amide bonds. The van der Waals surface area contributed by atoms with Crippen LogP contribution in [-0.2, 0) is 10.0 Å². The number of hydrogen-bond acceptors (Lipinski definition) is 2. The fourth-order valence-corrected chi connectivity index (χ4v) is 1.36. The third kappa shape index (κ3) is 4.79. The maximum atomic E-state index is 10.7. The summed E-state index contributed by atoms with van der Waals surface area (Å²) in [6.45, 7) is 0.327. The topological polar surface area (TPSA) is 46.2 Å². The van der Waals surface area contributed by atoms with Gasteiger partial charge in [-0.15, -0.1) is 0 Å². The van der Waals surface area contributed by atoms with Crippen LogP contribution >= 0.6 is 0 Å². The quantitative estimate of drug-likeness (QED) is 0.814. The van der Waals surface area contributed by atoms with Crippen molar-refractivity contribution in [3.8, 4) is 0 Å². The van der Waals surface area contributed by atoms with Crippen molar-refractivity contribution < 1.29 is 8.42 Å². The van der Waals surface area contributed by atoms with Crippen molar-refractivity contribution in [3.05, 3.63) is 42.0 Å². The highest BCUT2D eigenvalue weighted by Crippen LogP contribution is 1.99. The summed E-state index contributed by atoms with van der Waals surface area (Å²) < 4.78 is 23.8. The molecule has 0 heterocycles. The Morgan fingerprint density at radius 1 is 1.29 bits per heavy atom. The maximum absolute atomic E-state index is 10.7. The standard InChI is InChI=1S/C10H13NO2S/c1-14(12,13)11-9-5-8-10-6-3-2-4-7-10/h2-8,11H,9H2,1H3. The van der Waals surface area contributed by atoms with Crippen molar-refractivity contribution in [1.29, 1.82) is 0 Å². The number of sulfonamides is 1. The summed E-state index contributed by atoms with van der Waals surface area (Å²) >= 11 is 0. The van der Waals surface area contributed by atoms with Crippen LogP contribution in [0.2, 0.25) is 0 Å². The van der Waals surface area contributed by atoms with Gasteiger partial charge in [0.25, 0.3) is 0 Å². The number of nitrogens with one attached hydrogen (secondary N) is 1. The first-order chi connectivity index (χ1) is 6.58. The van der Waals surface area contributed by atoms with Crippen LogP contribution in [0.4, 0.5) is 0 Å². The van der Waals surface area contributed by atoms with Crippen molar-refractivity contribution in [3.63, 3.8) is 0 Å². The van der Waals surface area contributed by atoms with E-state index in [0.717, 1.165) is 11.8 Å². The molecule has 0 atom stereocenters.